The topological polar surface area (TPSA) is 40.5 Å². The summed E-state index contributed by atoms with van der Waals surface area (Å²) in [7, 11) is 0. The Labute approximate surface area is 111 Å². The Morgan fingerprint density at radius 2 is 2.12 bits per heavy atom. The highest BCUT2D eigenvalue weighted by Gasteiger charge is 2.12. The van der Waals surface area contributed by atoms with Crippen LogP contribution in [-0.4, -0.2) is 23.7 Å². The number of halogens is 1. The quantitative estimate of drug-likeness (QED) is 0.905. The molecular weight excluding hydrogens is 282 g/mol. The van der Waals surface area contributed by atoms with Gasteiger partial charge < -0.3 is 10.0 Å². The van der Waals surface area contributed by atoms with E-state index in [0.29, 0.717) is 6.54 Å². The van der Waals surface area contributed by atoms with Crippen molar-refractivity contribution in [3.05, 3.63) is 28.2 Å². The largest absolute Gasteiger partial charge is 0.481 e. The first kappa shape index (κ1) is 14.0. The van der Waals surface area contributed by atoms with Gasteiger partial charge in [0.05, 0.1) is 6.42 Å². The molecule has 0 bridgehead atoms. The summed E-state index contributed by atoms with van der Waals surface area (Å²) in [6.45, 7) is 6.69. The van der Waals surface area contributed by atoms with Gasteiger partial charge in [-0.2, -0.15) is 0 Å². The van der Waals surface area contributed by atoms with Gasteiger partial charge in [0.2, 0.25) is 0 Å². The van der Waals surface area contributed by atoms with Crippen LogP contribution in [0.1, 0.15) is 25.8 Å². The number of hydrogen-bond acceptors (Lipinski definition) is 2. The fourth-order valence-corrected chi connectivity index (χ4v) is 2.03. The van der Waals surface area contributed by atoms with Gasteiger partial charge in [-0.05, 0) is 38.5 Å². The number of rotatable bonds is 5. The van der Waals surface area contributed by atoms with Gasteiger partial charge in [0.25, 0.3) is 0 Å². The maximum absolute atomic E-state index is 10.6. The zero-order valence-corrected chi connectivity index (χ0v) is 12.0. The van der Waals surface area contributed by atoms with Gasteiger partial charge in [0.1, 0.15) is 0 Å². The van der Waals surface area contributed by atoms with Crippen LogP contribution in [0.3, 0.4) is 0 Å². The van der Waals surface area contributed by atoms with Crippen molar-refractivity contribution in [2.75, 3.05) is 11.4 Å². The Hall–Kier alpha value is -1.03. The molecule has 0 amide bonds. The van der Waals surface area contributed by atoms with Gasteiger partial charge >= 0.3 is 5.97 Å². The number of carbonyl (C=O) groups is 1. The third-order valence-electron chi connectivity index (χ3n) is 2.68. The molecule has 0 aliphatic carbocycles. The molecule has 0 saturated carbocycles. The summed E-state index contributed by atoms with van der Waals surface area (Å²) < 4.78 is 1.05. The van der Waals surface area contributed by atoms with E-state index in [1.54, 1.807) is 0 Å². The summed E-state index contributed by atoms with van der Waals surface area (Å²) in [5.41, 5.74) is 2.23. The number of carboxylic acid groups (broad SMARTS) is 1. The first-order valence-corrected chi connectivity index (χ1v) is 6.45. The van der Waals surface area contributed by atoms with E-state index in [1.165, 1.54) is 5.56 Å². The molecule has 0 radical (unpaired) electrons. The highest BCUT2D eigenvalue weighted by molar-refractivity contribution is 9.10. The fourth-order valence-electron chi connectivity index (χ4n) is 1.66. The molecule has 0 aromatic heterocycles. The zero-order valence-electron chi connectivity index (χ0n) is 10.4. The van der Waals surface area contributed by atoms with E-state index in [9.17, 15) is 4.79 Å². The van der Waals surface area contributed by atoms with E-state index >= 15 is 0 Å². The van der Waals surface area contributed by atoms with E-state index in [-0.39, 0.29) is 12.5 Å². The van der Waals surface area contributed by atoms with E-state index in [0.717, 1.165) is 10.2 Å². The number of aryl methyl sites for hydroxylation is 1. The highest BCUT2D eigenvalue weighted by Crippen LogP contribution is 2.25. The molecule has 0 fully saturated rings. The molecule has 0 unspecified atom stereocenters. The summed E-state index contributed by atoms with van der Waals surface area (Å²) in [6.07, 6.45) is 0.156. The fraction of sp³-hybridized carbons (Fsp3) is 0.462. The molecule has 94 valence electrons. The first-order chi connectivity index (χ1) is 7.91. The number of aliphatic carboxylic acids is 1. The Morgan fingerprint density at radius 3 is 2.59 bits per heavy atom. The second kappa shape index (κ2) is 6.05. The van der Waals surface area contributed by atoms with Crippen molar-refractivity contribution in [1.29, 1.82) is 0 Å². The van der Waals surface area contributed by atoms with Gasteiger partial charge in [-0.3, -0.25) is 4.79 Å². The second-order valence-electron chi connectivity index (χ2n) is 4.36. The van der Waals surface area contributed by atoms with Crippen LogP contribution in [0.5, 0.6) is 0 Å². The molecule has 0 heterocycles. The van der Waals surface area contributed by atoms with E-state index < -0.39 is 5.97 Å². The van der Waals surface area contributed by atoms with E-state index in [2.05, 4.69) is 34.7 Å². The van der Waals surface area contributed by atoms with Crippen molar-refractivity contribution in [2.45, 2.75) is 33.2 Å². The van der Waals surface area contributed by atoms with Crippen molar-refractivity contribution in [2.24, 2.45) is 0 Å². The molecule has 17 heavy (non-hydrogen) atoms. The lowest BCUT2D eigenvalue weighted by Crippen LogP contribution is -2.32. The predicted molar refractivity (Wildman–Crippen MR) is 73.6 cm³/mol. The summed E-state index contributed by atoms with van der Waals surface area (Å²) in [6, 6.07) is 6.39. The van der Waals surface area contributed by atoms with Crippen LogP contribution >= 0.6 is 15.9 Å². The minimum absolute atomic E-state index is 0.156. The second-order valence-corrected chi connectivity index (χ2v) is 5.22. The summed E-state index contributed by atoms with van der Waals surface area (Å²) in [5, 5.41) is 8.75. The Kier molecular flexibility index (Phi) is 5.00. The van der Waals surface area contributed by atoms with Crippen LogP contribution in [0.4, 0.5) is 5.69 Å². The van der Waals surface area contributed by atoms with Crippen LogP contribution in [0.2, 0.25) is 0 Å². The molecule has 0 saturated heterocycles. The van der Waals surface area contributed by atoms with Gasteiger partial charge in [-0.15, -0.1) is 0 Å². The molecule has 1 aromatic carbocycles. The first-order valence-electron chi connectivity index (χ1n) is 5.66. The minimum Gasteiger partial charge on any atom is -0.481 e. The third-order valence-corrected chi connectivity index (χ3v) is 3.53. The van der Waals surface area contributed by atoms with Gasteiger partial charge in [-0.25, -0.2) is 0 Å². The number of benzene rings is 1. The standard InChI is InChI=1S/C13H18BrNO2/c1-9(2)15(7-6-13(16)17)11-5-4-10(3)12(14)8-11/h4-5,8-9H,6-7H2,1-3H3,(H,16,17). The molecule has 1 rings (SSSR count). The maximum Gasteiger partial charge on any atom is 0.305 e. The Morgan fingerprint density at radius 1 is 1.47 bits per heavy atom. The van der Waals surface area contributed by atoms with Gasteiger partial charge in [0.15, 0.2) is 0 Å². The van der Waals surface area contributed by atoms with Crippen LogP contribution < -0.4 is 4.90 Å². The minimum atomic E-state index is -0.762. The van der Waals surface area contributed by atoms with Crippen molar-refractivity contribution >= 4 is 27.6 Å². The van der Waals surface area contributed by atoms with Gasteiger partial charge in [0, 0.05) is 22.7 Å². The number of hydrogen-bond donors (Lipinski definition) is 1. The molecule has 1 N–H and O–H groups in total. The average Bonchev–Trinajstić information content (AvgIpc) is 2.22. The zero-order chi connectivity index (χ0) is 13.0. The summed E-state index contributed by atoms with van der Waals surface area (Å²) in [4.78, 5) is 12.7. The number of anilines is 1. The molecule has 0 aliphatic rings. The Balaban J connectivity index is 2.89. The van der Waals surface area contributed by atoms with E-state index in [4.69, 9.17) is 5.11 Å². The molecule has 0 spiro atoms. The van der Waals surface area contributed by atoms with Crippen molar-refractivity contribution in [1.82, 2.24) is 0 Å². The maximum atomic E-state index is 10.6. The normalized spacial score (nSPS) is 10.6. The monoisotopic (exact) mass is 299 g/mol. The lowest BCUT2D eigenvalue weighted by atomic mass is 10.2. The SMILES string of the molecule is Cc1ccc(N(CCC(=O)O)C(C)C)cc1Br. The van der Waals surface area contributed by atoms with E-state index in [1.807, 2.05) is 25.1 Å². The Bertz CT molecular complexity index is 404. The van der Waals surface area contributed by atoms with Crippen molar-refractivity contribution < 1.29 is 9.90 Å². The lowest BCUT2D eigenvalue weighted by molar-refractivity contribution is -0.136. The molecule has 4 heteroatoms. The van der Waals surface area contributed by atoms with Crippen LogP contribution in [0.15, 0.2) is 22.7 Å². The third kappa shape index (κ3) is 4.04. The van der Waals surface area contributed by atoms with Crippen LogP contribution in [0, 0.1) is 6.92 Å². The lowest BCUT2D eigenvalue weighted by Gasteiger charge is -2.28. The predicted octanol–water partition coefficient (Wildman–Crippen LogP) is 3.45. The average molecular weight is 300 g/mol. The van der Waals surface area contributed by atoms with Crippen LogP contribution in [-0.2, 0) is 4.79 Å². The van der Waals surface area contributed by atoms with Crippen molar-refractivity contribution in [3.63, 3.8) is 0 Å². The molecule has 3 nitrogen and oxygen atoms in total. The van der Waals surface area contributed by atoms with Gasteiger partial charge in [-0.1, -0.05) is 22.0 Å². The summed E-state index contributed by atoms with van der Waals surface area (Å²) >= 11 is 3.50. The molecular formula is C13H18BrNO2. The molecule has 0 aliphatic heterocycles. The molecule has 1 aromatic rings. The summed E-state index contributed by atoms with van der Waals surface area (Å²) in [5.74, 6) is -0.762. The molecule has 0 atom stereocenters. The highest BCUT2D eigenvalue weighted by atomic mass is 79.9. The van der Waals surface area contributed by atoms with Crippen LogP contribution in [0.25, 0.3) is 0 Å². The number of carboxylic acids is 1. The smallest absolute Gasteiger partial charge is 0.305 e. The van der Waals surface area contributed by atoms with Crippen molar-refractivity contribution in [3.8, 4) is 0 Å². The number of nitrogens with zero attached hydrogens (tertiary/aromatic N) is 1.